The third kappa shape index (κ3) is 12.0. The molecule has 0 fully saturated rings. The Kier molecular flexibility index (Phi) is 11.1. The quantitative estimate of drug-likeness (QED) is 0.313. The average molecular weight is 274 g/mol. The van der Waals surface area contributed by atoms with Gasteiger partial charge in [0.05, 0.1) is 0 Å². The second-order valence-electron chi connectivity index (χ2n) is 6.38. The number of allylic oxidation sites excluding steroid dienone is 8. The highest BCUT2D eigenvalue weighted by Gasteiger charge is 2.10. The van der Waals surface area contributed by atoms with Crippen molar-refractivity contribution in [3.8, 4) is 0 Å². The Bertz CT molecular complexity index is 332. The molecule has 0 aromatic rings. The van der Waals surface area contributed by atoms with E-state index in [0.29, 0.717) is 5.41 Å². The Labute approximate surface area is 127 Å². The summed E-state index contributed by atoms with van der Waals surface area (Å²) >= 11 is 0. The summed E-state index contributed by atoms with van der Waals surface area (Å²) in [5.41, 5.74) is 1.82. The highest BCUT2D eigenvalue weighted by molar-refractivity contribution is 5.07. The van der Waals surface area contributed by atoms with Gasteiger partial charge in [0, 0.05) is 0 Å². The van der Waals surface area contributed by atoms with E-state index in [1.54, 1.807) is 0 Å². The molecule has 0 bridgehead atoms. The maximum absolute atomic E-state index is 2.38. The first-order valence-corrected chi connectivity index (χ1v) is 8.07. The lowest BCUT2D eigenvalue weighted by molar-refractivity contribution is 0.501. The Hall–Kier alpha value is -1.04. The summed E-state index contributed by atoms with van der Waals surface area (Å²) in [6.45, 7) is 11.1. The molecule has 0 N–H and O–H groups in total. The molecule has 0 aliphatic heterocycles. The number of rotatable bonds is 9. The van der Waals surface area contributed by atoms with Crippen molar-refractivity contribution in [3.63, 3.8) is 0 Å². The molecule has 20 heavy (non-hydrogen) atoms. The van der Waals surface area contributed by atoms with Crippen molar-refractivity contribution in [1.82, 2.24) is 0 Å². The first-order chi connectivity index (χ1) is 9.48. The average Bonchev–Trinajstić information content (AvgIpc) is 2.38. The topological polar surface area (TPSA) is 0 Å². The van der Waals surface area contributed by atoms with E-state index in [2.05, 4.69) is 77.2 Å². The van der Waals surface area contributed by atoms with Crippen LogP contribution in [-0.4, -0.2) is 0 Å². The van der Waals surface area contributed by atoms with Gasteiger partial charge in [-0.25, -0.2) is 0 Å². The van der Waals surface area contributed by atoms with Gasteiger partial charge >= 0.3 is 0 Å². The molecule has 0 amide bonds. The van der Waals surface area contributed by atoms with Gasteiger partial charge < -0.3 is 0 Å². The van der Waals surface area contributed by atoms with Crippen LogP contribution < -0.4 is 0 Å². The highest BCUT2D eigenvalue weighted by atomic mass is 14.2. The summed E-state index contributed by atoms with van der Waals surface area (Å²) in [4.78, 5) is 0. The largest absolute Gasteiger partial charge is 0.0917 e. The van der Waals surface area contributed by atoms with Crippen molar-refractivity contribution >= 4 is 0 Å². The van der Waals surface area contributed by atoms with Crippen molar-refractivity contribution in [2.24, 2.45) is 5.41 Å². The molecule has 0 spiro atoms. The summed E-state index contributed by atoms with van der Waals surface area (Å²) < 4.78 is 0. The smallest absolute Gasteiger partial charge is 0.0176 e. The van der Waals surface area contributed by atoms with Crippen LogP contribution in [-0.2, 0) is 0 Å². The lowest BCUT2D eigenvalue weighted by Crippen LogP contribution is -2.06. The van der Waals surface area contributed by atoms with Crippen LogP contribution in [0.2, 0.25) is 0 Å². The zero-order chi connectivity index (χ0) is 15.3. The van der Waals surface area contributed by atoms with Crippen LogP contribution in [0.3, 0.4) is 0 Å². The van der Waals surface area contributed by atoms with Crippen LogP contribution in [0.25, 0.3) is 0 Å². The molecule has 0 radical (unpaired) electrons. The second kappa shape index (κ2) is 11.8. The monoisotopic (exact) mass is 274 g/mol. The molecule has 0 heterocycles. The fourth-order valence-corrected chi connectivity index (χ4v) is 1.73. The van der Waals surface area contributed by atoms with Crippen LogP contribution in [0.4, 0.5) is 0 Å². The minimum Gasteiger partial charge on any atom is -0.0917 e. The normalized spacial score (nSPS) is 14.2. The Morgan fingerprint density at radius 1 is 0.700 bits per heavy atom. The van der Waals surface area contributed by atoms with Crippen molar-refractivity contribution in [2.75, 3.05) is 0 Å². The molecule has 0 saturated heterocycles. The van der Waals surface area contributed by atoms with E-state index < -0.39 is 0 Å². The maximum Gasteiger partial charge on any atom is -0.0176 e. The Balaban J connectivity index is 3.59. The van der Waals surface area contributed by atoms with Crippen LogP contribution >= 0.6 is 0 Å². The maximum atomic E-state index is 2.38. The van der Waals surface area contributed by atoms with Gasteiger partial charge in [0.25, 0.3) is 0 Å². The molecule has 0 saturated carbocycles. The van der Waals surface area contributed by atoms with E-state index >= 15 is 0 Å². The van der Waals surface area contributed by atoms with E-state index in [1.165, 1.54) is 44.1 Å². The summed E-state index contributed by atoms with van der Waals surface area (Å²) in [5.74, 6) is 0. The van der Waals surface area contributed by atoms with Gasteiger partial charge in [0.15, 0.2) is 0 Å². The van der Waals surface area contributed by atoms with Crippen LogP contribution in [0.15, 0.2) is 48.1 Å². The molecular weight excluding hydrogens is 240 g/mol. The minimum absolute atomic E-state index is 0.321. The zero-order valence-corrected chi connectivity index (χ0v) is 14.3. The van der Waals surface area contributed by atoms with Gasteiger partial charge in [-0.2, -0.15) is 0 Å². The first-order valence-electron chi connectivity index (χ1n) is 8.07. The molecule has 0 aromatic heterocycles. The highest BCUT2D eigenvalue weighted by Crippen LogP contribution is 2.24. The van der Waals surface area contributed by atoms with Gasteiger partial charge in [-0.1, -0.05) is 68.9 Å². The molecule has 0 atom stereocenters. The van der Waals surface area contributed by atoms with E-state index in [0.717, 1.165) is 0 Å². The fourth-order valence-electron chi connectivity index (χ4n) is 1.73. The van der Waals surface area contributed by atoms with Crippen molar-refractivity contribution < 1.29 is 0 Å². The van der Waals surface area contributed by atoms with Gasteiger partial charge in [0.1, 0.15) is 0 Å². The molecule has 0 nitrogen and oxygen atoms in total. The molecule has 0 aliphatic rings. The third-order valence-corrected chi connectivity index (χ3v) is 3.54. The standard InChI is InChI=1S/C20H34/c1-6-7-8-9-10-11-12-13-14-15-16-17-18-19(2)20(3,4)5/h6-7,10-11,14-15,18H,8-9,12-13,16-17H2,1-5H3. The molecule has 0 unspecified atom stereocenters. The predicted octanol–water partition coefficient (Wildman–Crippen LogP) is 7.01. The van der Waals surface area contributed by atoms with E-state index in [1.807, 2.05) is 0 Å². The summed E-state index contributed by atoms with van der Waals surface area (Å²) in [5, 5.41) is 0. The number of unbranched alkanes of at least 4 members (excludes halogenated alkanes) is 3. The van der Waals surface area contributed by atoms with Gasteiger partial charge in [-0.05, 0) is 57.8 Å². The summed E-state index contributed by atoms with van der Waals surface area (Å²) in [7, 11) is 0. The molecule has 0 heteroatoms. The van der Waals surface area contributed by atoms with Gasteiger partial charge in [-0.15, -0.1) is 0 Å². The lowest BCUT2D eigenvalue weighted by Gasteiger charge is -2.19. The molecule has 0 rings (SSSR count). The summed E-state index contributed by atoms with van der Waals surface area (Å²) in [6, 6.07) is 0. The van der Waals surface area contributed by atoms with E-state index in [9.17, 15) is 0 Å². The lowest BCUT2D eigenvalue weighted by atomic mass is 9.87. The van der Waals surface area contributed by atoms with Gasteiger partial charge in [0.2, 0.25) is 0 Å². The SMILES string of the molecule is CC=CCCC=CCCC=CCCC=C(C)C(C)(C)C. The van der Waals surface area contributed by atoms with Crippen LogP contribution in [0, 0.1) is 5.41 Å². The fraction of sp³-hybridized carbons (Fsp3) is 0.600. The van der Waals surface area contributed by atoms with E-state index in [-0.39, 0.29) is 0 Å². The van der Waals surface area contributed by atoms with Crippen LogP contribution in [0.1, 0.15) is 73.1 Å². The molecule has 114 valence electrons. The number of hydrogen-bond acceptors (Lipinski definition) is 0. The minimum atomic E-state index is 0.321. The summed E-state index contributed by atoms with van der Waals surface area (Å²) in [6.07, 6.45) is 23.0. The van der Waals surface area contributed by atoms with Crippen molar-refractivity contribution in [3.05, 3.63) is 48.1 Å². The Morgan fingerprint density at radius 2 is 1.10 bits per heavy atom. The van der Waals surface area contributed by atoms with Crippen molar-refractivity contribution in [2.45, 2.75) is 73.1 Å². The van der Waals surface area contributed by atoms with Crippen molar-refractivity contribution in [1.29, 1.82) is 0 Å². The Morgan fingerprint density at radius 3 is 1.50 bits per heavy atom. The molecule has 0 aromatic carbocycles. The van der Waals surface area contributed by atoms with Crippen LogP contribution in [0.5, 0.6) is 0 Å². The second-order valence-corrected chi connectivity index (χ2v) is 6.38. The molecular formula is C20H34. The molecule has 0 aliphatic carbocycles. The first kappa shape index (κ1) is 19.0. The third-order valence-electron chi connectivity index (χ3n) is 3.54. The predicted molar refractivity (Wildman–Crippen MR) is 94.0 cm³/mol. The number of hydrogen-bond donors (Lipinski definition) is 0. The zero-order valence-electron chi connectivity index (χ0n) is 14.3. The van der Waals surface area contributed by atoms with Gasteiger partial charge in [-0.3, -0.25) is 0 Å². The van der Waals surface area contributed by atoms with E-state index in [4.69, 9.17) is 0 Å².